The number of aromatic nitrogens is 2. The zero-order valence-corrected chi connectivity index (χ0v) is 21.4. The van der Waals surface area contributed by atoms with Gasteiger partial charge in [-0.05, 0) is 66.4 Å². The Bertz CT molecular complexity index is 1440. The highest BCUT2D eigenvalue weighted by molar-refractivity contribution is 6.31. The molecule has 2 heterocycles. The van der Waals surface area contributed by atoms with Gasteiger partial charge in [0.05, 0.1) is 23.4 Å². The first-order chi connectivity index (χ1) is 17.9. The van der Waals surface area contributed by atoms with E-state index in [-0.39, 0.29) is 24.7 Å². The maximum absolute atomic E-state index is 11.2. The highest BCUT2D eigenvalue weighted by atomic mass is 35.5. The van der Waals surface area contributed by atoms with E-state index in [1.807, 2.05) is 50.2 Å². The number of benzene rings is 2. The molecule has 0 saturated carbocycles. The van der Waals surface area contributed by atoms with Crippen LogP contribution in [0.2, 0.25) is 5.02 Å². The van der Waals surface area contributed by atoms with Crippen molar-refractivity contribution in [3.05, 3.63) is 99.5 Å². The van der Waals surface area contributed by atoms with Gasteiger partial charge in [-0.25, -0.2) is 4.98 Å². The molecular weight excluding hydrogens is 492 g/mol. The van der Waals surface area contributed by atoms with Gasteiger partial charge < -0.3 is 14.2 Å². The van der Waals surface area contributed by atoms with Crippen LogP contribution in [0.3, 0.4) is 0 Å². The summed E-state index contributed by atoms with van der Waals surface area (Å²) < 4.78 is 17.3. The third kappa shape index (κ3) is 5.78. The van der Waals surface area contributed by atoms with Crippen molar-refractivity contribution in [2.75, 3.05) is 7.11 Å². The van der Waals surface area contributed by atoms with Gasteiger partial charge >= 0.3 is 0 Å². The Morgan fingerprint density at radius 2 is 1.51 bits per heavy atom. The van der Waals surface area contributed by atoms with E-state index in [1.54, 1.807) is 12.1 Å². The van der Waals surface area contributed by atoms with E-state index < -0.39 is 0 Å². The Kier molecular flexibility index (Phi) is 8.15. The first kappa shape index (κ1) is 25.9. The van der Waals surface area contributed by atoms with Gasteiger partial charge in [-0.15, -0.1) is 0 Å². The van der Waals surface area contributed by atoms with Crippen LogP contribution in [0.5, 0.6) is 17.4 Å². The standard InChI is InChI=1S/C29H25ClN2O5/c1-18-23(6-4-8-27(18)36-16-22-11-10-20(14-33)13-31-22)24-7-5-9-28(19(24)2)37-17-26-25(30)12-21(15-34)29(32-26)35-3/h4-15H,16-17H2,1-3H3. The minimum absolute atomic E-state index is 0.108. The number of nitrogens with zero attached hydrogens (tertiary/aromatic N) is 2. The fourth-order valence-corrected chi connectivity index (χ4v) is 4.10. The molecule has 0 bridgehead atoms. The highest BCUT2D eigenvalue weighted by Gasteiger charge is 2.15. The van der Waals surface area contributed by atoms with E-state index in [2.05, 4.69) is 9.97 Å². The Balaban J connectivity index is 1.54. The number of pyridine rings is 2. The van der Waals surface area contributed by atoms with Gasteiger partial charge in [0.1, 0.15) is 30.4 Å². The summed E-state index contributed by atoms with van der Waals surface area (Å²) >= 11 is 6.31. The van der Waals surface area contributed by atoms with Crippen LogP contribution in [0.25, 0.3) is 11.1 Å². The van der Waals surface area contributed by atoms with Crippen molar-refractivity contribution in [2.24, 2.45) is 0 Å². The van der Waals surface area contributed by atoms with E-state index >= 15 is 0 Å². The topological polar surface area (TPSA) is 87.6 Å². The Labute approximate surface area is 220 Å². The van der Waals surface area contributed by atoms with Crippen molar-refractivity contribution < 1.29 is 23.8 Å². The molecule has 37 heavy (non-hydrogen) atoms. The number of aldehydes is 2. The maximum Gasteiger partial charge on any atom is 0.224 e. The molecule has 0 amide bonds. The molecule has 4 aromatic rings. The first-order valence-electron chi connectivity index (χ1n) is 11.5. The van der Waals surface area contributed by atoms with Crippen molar-refractivity contribution in [2.45, 2.75) is 27.1 Å². The number of halogens is 1. The van der Waals surface area contributed by atoms with Crippen LogP contribution in [0.15, 0.2) is 60.8 Å². The van der Waals surface area contributed by atoms with Gasteiger partial charge in [-0.1, -0.05) is 35.9 Å². The van der Waals surface area contributed by atoms with Crippen molar-refractivity contribution in [3.8, 4) is 28.5 Å². The summed E-state index contributed by atoms with van der Waals surface area (Å²) in [6.45, 7) is 4.38. The van der Waals surface area contributed by atoms with E-state index in [4.69, 9.17) is 25.8 Å². The number of ether oxygens (including phenoxy) is 3. The van der Waals surface area contributed by atoms with Gasteiger partial charge in [0.25, 0.3) is 0 Å². The minimum Gasteiger partial charge on any atom is -0.487 e. The monoisotopic (exact) mass is 516 g/mol. The average Bonchev–Trinajstić information content (AvgIpc) is 2.92. The number of carbonyl (C=O) groups is 2. The fraction of sp³-hybridized carbons (Fsp3) is 0.172. The van der Waals surface area contributed by atoms with Crippen LogP contribution < -0.4 is 14.2 Å². The lowest BCUT2D eigenvalue weighted by Gasteiger charge is -2.17. The summed E-state index contributed by atoms with van der Waals surface area (Å²) in [5, 5.41) is 0.327. The third-order valence-corrected chi connectivity index (χ3v) is 6.27. The Morgan fingerprint density at radius 1 is 0.865 bits per heavy atom. The van der Waals surface area contributed by atoms with Crippen molar-refractivity contribution in [3.63, 3.8) is 0 Å². The molecule has 0 aliphatic rings. The second-order valence-electron chi connectivity index (χ2n) is 8.27. The molecule has 0 radical (unpaired) electrons. The molecule has 8 heteroatoms. The summed E-state index contributed by atoms with van der Waals surface area (Å²) in [4.78, 5) is 30.6. The van der Waals surface area contributed by atoms with Gasteiger partial charge in [0.15, 0.2) is 12.6 Å². The summed E-state index contributed by atoms with van der Waals surface area (Å²) in [6, 6.07) is 16.7. The van der Waals surface area contributed by atoms with Gasteiger partial charge in [-0.3, -0.25) is 14.6 Å². The van der Waals surface area contributed by atoms with Crippen LogP contribution in [-0.2, 0) is 13.2 Å². The van der Waals surface area contributed by atoms with Crippen molar-refractivity contribution >= 4 is 24.2 Å². The molecule has 0 aliphatic carbocycles. The molecule has 0 fully saturated rings. The molecular formula is C29H25ClN2O5. The summed E-state index contributed by atoms with van der Waals surface area (Å²) in [6.07, 6.45) is 2.94. The number of hydrogen-bond donors (Lipinski definition) is 0. The molecule has 188 valence electrons. The van der Waals surface area contributed by atoms with E-state index in [1.165, 1.54) is 19.4 Å². The minimum atomic E-state index is 0.108. The Hall–Kier alpha value is -4.23. The van der Waals surface area contributed by atoms with E-state index in [9.17, 15) is 9.59 Å². The fourth-order valence-electron chi connectivity index (χ4n) is 3.89. The lowest BCUT2D eigenvalue weighted by atomic mass is 9.95. The van der Waals surface area contributed by atoms with Crippen LogP contribution in [0.4, 0.5) is 0 Å². The smallest absolute Gasteiger partial charge is 0.224 e. The normalized spacial score (nSPS) is 10.6. The molecule has 0 aliphatic heterocycles. The summed E-state index contributed by atoms with van der Waals surface area (Å²) in [5.41, 5.74) is 5.94. The van der Waals surface area contributed by atoms with Crippen molar-refractivity contribution in [1.29, 1.82) is 0 Å². The van der Waals surface area contributed by atoms with Gasteiger partial charge in [0, 0.05) is 11.8 Å². The molecule has 0 N–H and O–H groups in total. The third-order valence-electron chi connectivity index (χ3n) is 5.94. The SMILES string of the molecule is COc1nc(COc2cccc(-c3cccc(OCc4ccc(C=O)cn4)c3C)c2C)c(Cl)cc1C=O. The van der Waals surface area contributed by atoms with Crippen molar-refractivity contribution in [1.82, 2.24) is 9.97 Å². The molecule has 2 aromatic carbocycles. The van der Waals surface area contributed by atoms with Crippen LogP contribution in [0.1, 0.15) is 43.2 Å². The largest absolute Gasteiger partial charge is 0.487 e. The molecule has 0 saturated heterocycles. The summed E-state index contributed by atoms with van der Waals surface area (Å²) in [5.74, 6) is 1.62. The lowest BCUT2D eigenvalue weighted by Crippen LogP contribution is -2.04. The van der Waals surface area contributed by atoms with Crippen LogP contribution in [0, 0.1) is 13.8 Å². The van der Waals surface area contributed by atoms with E-state index in [0.29, 0.717) is 28.3 Å². The zero-order valence-electron chi connectivity index (χ0n) is 20.7. The predicted molar refractivity (Wildman–Crippen MR) is 141 cm³/mol. The summed E-state index contributed by atoms with van der Waals surface area (Å²) in [7, 11) is 1.45. The second-order valence-corrected chi connectivity index (χ2v) is 8.68. The van der Waals surface area contributed by atoms with E-state index in [0.717, 1.165) is 40.0 Å². The average molecular weight is 517 g/mol. The second kappa shape index (κ2) is 11.7. The number of hydrogen-bond acceptors (Lipinski definition) is 7. The quantitative estimate of drug-likeness (QED) is 0.232. The number of carbonyl (C=O) groups excluding carboxylic acids is 2. The molecule has 7 nitrogen and oxygen atoms in total. The molecule has 0 spiro atoms. The van der Waals surface area contributed by atoms with Crippen LogP contribution in [-0.4, -0.2) is 29.7 Å². The van der Waals surface area contributed by atoms with Gasteiger partial charge in [-0.2, -0.15) is 0 Å². The lowest BCUT2D eigenvalue weighted by molar-refractivity contribution is 0.111. The highest BCUT2D eigenvalue weighted by Crippen LogP contribution is 2.36. The van der Waals surface area contributed by atoms with Gasteiger partial charge in [0.2, 0.25) is 5.88 Å². The molecule has 0 unspecified atom stereocenters. The van der Waals surface area contributed by atoms with Crippen LogP contribution >= 0.6 is 11.6 Å². The molecule has 2 aromatic heterocycles. The molecule has 4 rings (SSSR count). The predicted octanol–water partition coefficient (Wildman–Crippen LogP) is 6.21. The maximum atomic E-state index is 11.2. The zero-order chi connectivity index (χ0) is 26.4. The molecule has 0 atom stereocenters. The first-order valence-corrected chi connectivity index (χ1v) is 11.9. The number of rotatable bonds is 10. The Morgan fingerprint density at radius 3 is 2.05 bits per heavy atom. The number of methoxy groups -OCH3 is 1.